The van der Waals surface area contributed by atoms with Gasteiger partial charge < -0.3 is 30.7 Å². The van der Waals surface area contributed by atoms with Crippen molar-refractivity contribution in [1.82, 2.24) is 15.3 Å². The summed E-state index contributed by atoms with van der Waals surface area (Å²) in [7, 11) is 0. The average molecular weight is 599 g/mol. The number of pyridine rings is 2. The summed E-state index contributed by atoms with van der Waals surface area (Å²) in [5.41, 5.74) is 0.363. The molecule has 5 N–H and O–H groups in total. The minimum atomic E-state index is -4.95. The Bertz CT molecular complexity index is 1710. The van der Waals surface area contributed by atoms with Crippen LogP contribution in [0.1, 0.15) is 34.5 Å². The van der Waals surface area contributed by atoms with Crippen LogP contribution < -0.4 is 20.5 Å². The van der Waals surface area contributed by atoms with Crippen molar-refractivity contribution in [2.45, 2.75) is 36.3 Å². The Morgan fingerprint density at radius 1 is 1.16 bits per heavy atom. The van der Waals surface area contributed by atoms with Crippen LogP contribution in [0.25, 0.3) is 22.2 Å². The zero-order chi connectivity index (χ0) is 30.6. The zero-order valence-corrected chi connectivity index (χ0v) is 22.5. The second kappa shape index (κ2) is 10.4. The molecule has 2 aromatic heterocycles. The van der Waals surface area contributed by atoms with E-state index in [4.69, 9.17) is 15.2 Å². The molecule has 6 rings (SSSR count). The van der Waals surface area contributed by atoms with Gasteiger partial charge >= 0.3 is 6.18 Å². The number of carbonyl (C=O) groups excluding carboxylic acids is 1. The zero-order valence-electron chi connectivity index (χ0n) is 22.5. The number of amides is 1. The van der Waals surface area contributed by atoms with Crippen LogP contribution in [0.2, 0.25) is 0 Å². The summed E-state index contributed by atoms with van der Waals surface area (Å²) >= 11 is 0. The number of nitrogens with two attached hydrogens (primary N) is 1. The molecule has 1 saturated carbocycles. The van der Waals surface area contributed by atoms with Crippen molar-refractivity contribution in [2.75, 3.05) is 19.8 Å². The number of fused-ring (bicyclic) bond motifs is 2. The Labute approximate surface area is 242 Å². The van der Waals surface area contributed by atoms with Crippen molar-refractivity contribution in [2.24, 2.45) is 5.73 Å². The van der Waals surface area contributed by atoms with Gasteiger partial charge in [0, 0.05) is 28.3 Å². The quantitative estimate of drug-likeness (QED) is 0.225. The summed E-state index contributed by atoms with van der Waals surface area (Å²) in [6, 6.07) is 12.2. The molecule has 3 heterocycles. The van der Waals surface area contributed by atoms with Gasteiger partial charge in [-0.2, -0.15) is 13.2 Å². The molecule has 43 heavy (non-hydrogen) atoms. The highest BCUT2D eigenvalue weighted by Crippen LogP contribution is 2.49. The van der Waals surface area contributed by atoms with E-state index in [0.29, 0.717) is 16.7 Å². The number of nitrogens with one attached hydrogen (secondary N) is 1. The number of rotatable bonds is 8. The van der Waals surface area contributed by atoms with Gasteiger partial charge in [0.2, 0.25) is 0 Å². The number of nitrogens with zero attached hydrogens (tertiary/aromatic N) is 2. The number of ether oxygens (including phenoxy) is 2. The van der Waals surface area contributed by atoms with Crippen LogP contribution in [0.5, 0.6) is 11.5 Å². The number of halogens is 4. The van der Waals surface area contributed by atoms with Gasteiger partial charge in [-0.3, -0.25) is 9.78 Å². The van der Waals surface area contributed by atoms with Gasteiger partial charge in [-0.25, -0.2) is 9.37 Å². The molecule has 0 bridgehead atoms. The molecule has 1 aliphatic carbocycles. The van der Waals surface area contributed by atoms with Crippen molar-refractivity contribution < 1.29 is 42.0 Å². The number of alkyl halides is 3. The van der Waals surface area contributed by atoms with E-state index in [1.807, 2.05) is 0 Å². The highest BCUT2D eigenvalue weighted by Gasteiger charge is 2.59. The number of aromatic nitrogens is 2. The molecule has 9 nitrogen and oxygen atoms in total. The highest BCUT2D eigenvalue weighted by atomic mass is 19.4. The predicted molar refractivity (Wildman–Crippen MR) is 146 cm³/mol. The van der Waals surface area contributed by atoms with Gasteiger partial charge in [0.25, 0.3) is 5.91 Å². The Morgan fingerprint density at radius 3 is 2.58 bits per heavy atom. The molecule has 0 radical (unpaired) electrons. The third kappa shape index (κ3) is 5.24. The summed E-state index contributed by atoms with van der Waals surface area (Å²) in [5.74, 6) is -1.11. The van der Waals surface area contributed by atoms with E-state index < -0.39 is 60.1 Å². The van der Waals surface area contributed by atoms with E-state index in [2.05, 4.69) is 15.3 Å². The molecule has 1 amide bonds. The molecular formula is C30H26F4N4O5. The van der Waals surface area contributed by atoms with Crippen molar-refractivity contribution in [3.63, 3.8) is 0 Å². The minimum Gasteiger partial charge on any atom is -0.488 e. The van der Waals surface area contributed by atoms with Gasteiger partial charge in [0.1, 0.15) is 35.0 Å². The number of hydrogen-bond acceptors (Lipinski definition) is 8. The van der Waals surface area contributed by atoms with Crippen LogP contribution in [-0.2, 0) is 11.1 Å². The highest BCUT2D eigenvalue weighted by molar-refractivity contribution is 6.00. The number of benzene rings is 2. The summed E-state index contributed by atoms with van der Waals surface area (Å²) < 4.78 is 67.3. The lowest BCUT2D eigenvalue weighted by Crippen LogP contribution is -2.52. The van der Waals surface area contributed by atoms with Gasteiger partial charge in [-0.1, -0.05) is 6.07 Å². The first-order valence-corrected chi connectivity index (χ1v) is 13.4. The third-order valence-electron chi connectivity index (χ3n) is 7.55. The maximum absolute atomic E-state index is 14.1. The fraction of sp³-hybridized carbons (Fsp3) is 0.300. The van der Waals surface area contributed by atoms with Crippen LogP contribution in [0, 0.1) is 5.82 Å². The molecule has 2 aliphatic rings. The molecule has 224 valence electrons. The van der Waals surface area contributed by atoms with E-state index >= 15 is 0 Å². The van der Waals surface area contributed by atoms with E-state index in [0.717, 1.165) is 31.0 Å². The summed E-state index contributed by atoms with van der Waals surface area (Å²) in [4.78, 5) is 21.9. The summed E-state index contributed by atoms with van der Waals surface area (Å²) in [6.45, 7) is -2.61. The Morgan fingerprint density at radius 2 is 1.91 bits per heavy atom. The lowest BCUT2D eigenvalue weighted by atomic mass is 9.88. The molecule has 1 fully saturated rings. The van der Waals surface area contributed by atoms with Gasteiger partial charge in [0.15, 0.2) is 11.3 Å². The second-order valence-corrected chi connectivity index (χ2v) is 10.7. The average Bonchev–Trinajstić information content (AvgIpc) is 3.74. The first-order valence-electron chi connectivity index (χ1n) is 13.4. The van der Waals surface area contributed by atoms with Crippen LogP contribution in [0.3, 0.4) is 0 Å². The fourth-order valence-corrected chi connectivity index (χ4v) is 4.85. The Hall–Kier alpha value is -4.33. The standard InChI is InChI=1S/C30H26F4N4O5/c31-19-5-3-16(4-6-19)25-26-21(29(35,15-42-26)30(32,33)34)12-23(38-25)28(41,14-39)13-37-27(40)18-10-17-2-1-9-36-24(17)22(11-18)43-20-7-8-20/h1-6,9-12,20,39,41H,7-8,13-15,35H2,(H,37,40)/t28?,29-/m0/s1. The molecule has 0 saturated heterocycles. The molecule has 2 atom stereocenters. The van der Waals surface area contributed by atoms with E-state index in [1.165, 1.54) is 18.2 Å². The number of hydrogen-bond donors (Lipinski definition) is 4. The third-order valence-corrected chi connectivity index (χ3v) is 7.55. The maximum Gasteiger partial charge on any atom is 0.414 e. The molecule has 0 spiro atoms. The summed E-state index contributed by atoms with van der Waals surface area (Å²) in [5, 5.41) is 24.9. The number of carbonyl (C=O) groups is 1. The van der Waals surface area contributed by atoms with Crippen LogP contribution >= 0.6 is 0 Å². The smallest absolute Gasteiger partial charge is 0.414 e. The minimum absolute atomic E-state index is 0.0273. The van der Waals surface area contributed by atoms with Crippen LogP contribution in [-0.4, -0.2) is 58.1 Å². The van der Waals surface area contributed by atoms with Crippen molar-refractivity contribution >= 4 is 16.8 Å². The second-order valence-electron chi connectivity index (χ2n) is 10.7. The van der Waals surface area contributed by atoms with Gasteiger partial charge in [0.05, 0.1) is 24.9 Å². The Kier molecular flexibility index (Phi) is 6.98. The lowest BCUT2D eigenvalue weighted by Gasteiger charge is -2.29. The molecule has 1 aliphatic heterocycles. The summed E-state index contributed by atoms with van der Waals surface area (Å²) in [6.07, 6.45) is -1.56. The van der Waals surface area contributed by atoms with Crippen molar-refractivity contribution in [3.8, 4) is 22.8 Å². The van der Waals surface area contributed by atoms with Gasteiger partial charge in [-0.05, 0) is 61.4 Å². The molecule has 4 aromatic rings. The van der Waals surface area contributed by atoms with Crippen molar-refractivity contribution in [1.29, 1.82) is 0 Å². The predicted octanol–water partition coefficient (Wildman–Crippen LogP) is 3.70. The lowest BCUT2D eigenvalue weighted by molar-refractivity contribution is -0.191. The van der Waals surface area contributed by atoms with Crippen LogP contribution in [0.15, 0.2) is 60.8 Å². The molecular weight excluding hydrogens is 572 g/mol. The first-order chi connectivity index (χ1) is 20.4. The van der Waals surface area contributed by atoms with E-state index in [-0.39, 0.29) is 28.7 Å². The molecule has 2 aromatic carbocycles. The topological polar surface area (TPSA) is 140 Å². The van der Waals surface area contributed by atoms with E-state index in [9.17, 15) is 32.6 Å². The largest absolute Gasteiger partial charge is 0.488 e. The number of aliphatic hydroxyl groups excluding tert-OH is 1. The monoisotopic (exact) mass is 598 g/mol. The van der Waals surface area contributed by atoms with Crippen LogP contribution in [0.4, 0.5) is 17.6 Å². The SMILES string of the molecule is N[C@@]1(C(F)(F)F)COc2c1cc(C(O)(CO)CNC(=O)c1cc(OC3CC3)c3ncccc3c1)nc2-c1ccc(F)cc1. The maximum atomic E-state index is 14.1. The molecule has 1 unspecified atom stereocenters. The fourth-order valence-electron chi connectivity index (χ4n) is 4.85. The first kappa shape index (κ1) is 28.8. The van der Waals surface area contributed by atoms with Gasteiger partial charge in [-0.15, -0.1) is 0 Å². The van der Waals surface area contributed by atoms with E-state index in [1.54, 1.807) is 24.4 Å². The normalized spacial score (nSPS) is 19.4. The Balaban J connectivity index is 1.36. The number of aliphatic hydroxyl groups is 2. The van der Waals surface area contributed by atoms with Crippen molar-refractivity contribution in [3.05, 3.63) is 83.4 Å². The molecule has 13 heteroatoms.